The molecule has 1 atom stereocenters. The second-order valence-electron chi connectivity index (χ2n) is 4.78. The molecule has 0 amide bonds. The van der Waals surface area contributed by atoms with E-state index in [9.17, 15) is 9.90 Å². The highest BCUT2D eigenvalue weighted by Gasteiger charge is 2.55. The van der Waals surface area contributed by atoms with Gasteiger partial charge in [0.15, 0.2) is 0 Å². The topological polar surface area (TPSA) is 37.3 Å². The largest absolute Gasteiger partial charge is 0.481 e. The Labute approximate surface area is 97.4 Å². The van der Waals surface area contributed by atoms with E-state index in [-0.39, 0.29) is 17.3 Å². The average Bonchev–Trinajstić information content (AvgIpc) is 2.94. The molecular weight excluding hydrogens is 200 g/mol. The molecular formula is C14H20O2. The molecule has 0 aliphatic heterocycles. The fraction of sp³-hybridized carbons (Fsp3) is 0.500. The van der Waals surface area contributed by atoms with Crippen LogP contribution in [-0.2, 0) is 4.79 Å². The van der Waals surface area contributed by atoms with Crippen molar-refractivity contribution in [2.75, 3.05) is 0 Å². The normalized spacial score (nSPS) is 20.3. The molecule has 1 aliphatic carbocycles. The Bertz CT molecular complexity index is 333. The zero-order valence-corrected chi connectivity index (χ0v) is 10.1. The molecule has 88 valence electrons. The van der Waals surface area contributed by atoms with Gasteiger partial charge in [0.05, 0.1) is 5.92 Å². The van der Waals surface area contributed by atoms with Crippen molar-refractivity contribution < 1.29 is 9.90 Å². The number of rotatable bonds is 6. The van der Waals surface area contributed by atoms with Crippen LogP contribution < -0.4 is 0 Å². The molecule has 1 aliphatic rings. The third-order valence-electron chi connectivity index (χ3n) is 3.41. The second-order valence-corrected chi connectivity index (χ2v) is 4.78. The van der Waals surface area contributed by atoms with Gasteiger partial charge < -0.3 is 5.11 Å². The second kappa shape index (κ2) is 4.69. The van der Waals surface area contributed by atoms with Gasteiger partial charge in [-0.2, -0.15) is 0 Å². The van der Waals surface area contributed by atoms with E-state index in [2.05, 4.69) is 13.2 Å². The van der Waals surface area contributed by atoms with Crippen molar-refractivity contribution in [2.24, 2.45) is 17.3 Å². The van der Waals surface area contributed by atoms with Crippen molar-refractivity contribution in [3.8, 4) is 0 Å². The number of carbonyl (C=O) groups is 1. The molecule has 0 radical (unpaired) electrons. The summed E-state index contributed by atoms with van der Waals surface area (Å²) in [5, 5.41) is 9.34. The molecule has 2 nitrogen and oxygen atoms in total. The SMILES string of the molecule is C=C/C=C(\C=C)C1(C(C(=O)O)C(C)C)CC1. The summed E-state index contributed by atoms with van der Waals surface area (Å²) in [4.78, 5) is 11.4. The van der Waals surface area contributed by atoms with Gasteiger partial charge in [-0.15, -0.1) is 0 Å². The van der Waals surface area contributed by atoms with E-state index >= 15 is 0 Å². The van der Waals surface area contributed by atoms with Gasteiger partial charge in [-0.05, 0) is 24.3 Å². The van der Waals surface area contributed by atoms with Crippen LogP contribution in [0.15, 0.2) is 37.0 Å². The summed E-state index contributed by atoms with van der Waals surface area (Å²) < 4.78 is 0. The molecule has 0 aromatic carbocycles. The lowest BCUT2D eigenvalue weighted by molar-refractivity contribution is -0.145. The van der Waals surface area contributed by atoms with Crippen LogP contribution in [0, 0.1) is 17.3 Å². The Morgan fingerprint density at radius 3 is 2.19 bits per heavy atom. The fourth-order valence-electron chi connectivity index (χ4n) is 2.64. The maximum absolute atomic E-state index is 11.4. The van der Waals surface area contributed by atoms with Gasteiger partial charge in [0.25, 0.3) is 0 Å². The van der Waals surface area contributed by atoms with Crippen LogP contribution in [0.1, 0.15) is 26.7 Å². The summed E-state index contributed by atoms with van der Waals surface area (Å²) in [5.74, 6) is -0.894. The monoisotopic (exact) mass is 220 g/mol. The highest BCUT2D eigenvalue weighted by molar-refractivity contribution is 5.73. The number of hydrogen-bond acceptors (Lipinski definition) is 1. The maximum Gasteiger partial charge on any atom is 0.307 e. The van der Waals surface area contributed by atoms with Crippen LogP contribution in [0.3, 0.4) is 0 Å². The molecule has 1 saturated carbocycles. The maximum atomic E-state index is 11.4. The lowest BCUT2D eigenvalue weighted by Gasteiger charge is -2.27. The Morgan fingerprint density at radius 2 is 1.94 bits per heavy atom. The van der Waals surface area contributed by atoms with Gasteiger partial charge in [-0.1, -0.05) is 45.2 Å². The third kappa shape index (κ3) is 2.11. The highest BCUT2D eigenvalue weighted by Crippen LogP contribution is 2.59. The van der Waals surface area contributed by atoms with Crippen LogP contribution in [0.5, 0.6) is 0 Å². The molecule has 2 heteroatoms. The van der Waals surface area contributed by atoms with E-state index in [0.717, 1.165) is 18.4 Å². The number of carboxylic acid groups (broad SMARTS) is 1. The standard InChI is InChI=1S/C14H20O2/c1-5-7-11(6-2)14(8-9-14)12(10(3)4)13(15)16/h5-7,10,12H,1-2,8-9H2,3-4H3,(H,15,16)/b11-7+. The van der Waals surface area contributed by atoms with Gasteiger partial charge in [-0.3, -0.25) is 4.79 Å². The zero-order valence-electron chi connectivity index (χ0n) is 10.1. The van der Waals surface area contributed by atoms with Crippen LogP contribution in [-0.4, -0.2) is 11.1 Å². The van der Waals surface area contributed by atoms with Crippen LogP contribution in [0.4, 0.5) is 0 Å². The Morgan fingerprint density at radius 1 is 1.38 bits per heavy atom. The molecule has 0 aromatic rings. The van der Waals surface area contributed by atoms with E-state index in [1.165, 1.54) is 0 Å². The van der Waals surface area contributed by atoms with Crippen LogP contribution in [0.2, 0.25) is 0 Å². The van der Waals surface area contributed by atoms with Gasteiger partial charge in [-0.25, -0.2) is 0 Å². The Hall–Kier alpha value is -1.31. The molecule has 0 bridgehead atoms. The van der Waals surface area contributed by atoms with Crippen molar-refractivity contribution in [2.45, 2.75) is 26.7 Å². The lowest BCUT2D eigenvalue weighted by Crippen LogP contribution is -2.30. The average molecular weight is 220 g/mol. The van der Waals surface area contributed by atoms with E-state index in [4.69, 9.17) is 0 Å². The molecule has 0 saturated heterocycles. The first-order valence-corrected chi connectivity index (χ1v) is 5.68. The van der Waals surface area contributed by atoms with Crippen LogP contribution >= 0.6 is 0 Å². The van der Waals surface area contributed by atoms with E-state index < -0.39 is 5.97 Å². The van der Waals surface area contributed by atoms with Crippen molar-refractivity contribution in [1.82, 2.24) is 0 Å². The molecule has 1 N–H and O–H groups in total. The minimum absolute atomic E-state index is 0.133. The minimum Gasteiger partial charge on any atom is -0.481 e. The summed E-state index contributed by atoms with van der Waals surface area (Å²) in [6.07, 6.45) is 7.24. The van der Waals surface area contributed by atoms with Crippen molar-refractivity contribution in [1.29, 1.82) is 0 Å². The molecule has 1 unspecified atom stereocenters. The van der Waals surface area contributed by atoms with Crippen molar-refractivity contribution >= 4 is 5.97 Å². The first-order valence-electron chi connectivity index (χ1n) is 5.68. The first-order chi connectivity index (χ1) is 7.49. The lowest BCUT2D eigenvalue weighted by atomic mass is 9.76. The highest BCUT2D eigenvalue weighted by atomic mass is 16.4. The summed E-state index contributed by atoms with van der Waals surface area (Å²) >= 11 is 0. The summed E-state index contributed by atoms with van der Waals surface area (Å²) in [7, 11) is 0. The van der Waals surface area contributed by atoms with E-state index in [0.29, 0.717) is 0 Å². The Balaban J connectivity index is 3.08. The number of allylic oxidation sites excluding steroid dienone is 4. The van der Waals surface area contributed by atoms with Crippen molar-refractivity contribution in [3.63, 3.8) is 0 Å². The molecule has 16 heavy (non-hydrogen) atoms. The molecule has 0 heterocycles. The summed E-state index contributed by atoms with van der Waals surface area (Å²) in [6.45, 7) is 11.4. The molecule has 0 spiro atoms. The van der Waals surface area contributed by atoms with E-state index in [1.54, 1.807) is 12.2 Å². The van der Waals surface area contributed by atoms with Gasteiger partial charge >= 0.3 is 5.97 Å². The molecule has 1 fully saturated rings. The van der Waals surface area contributed by atoms with Gasteiger partial charge in [0.2, 0.25) is 0 Å². The number of hydrogen-bond donors (Lipinski definition) is 1. The minimum atomic E-state index is -0.704. The first kappa shape index (κ1) is 12.8. The summed E-state index contributed by atoms with van der Waals surface area (Å²) in [5.41, 5.74) is 0.819. The van der Waals surface area contributed by atoms with E-state index in [1.807, 2.05) is 19.9 Å². The smallest absolute Gasteiger partial charge is 0.307 e. The number of aliphatic carboxylic acids is 1. The fourth-order valence-corrected chi connectivity index (χ4v) is 2.64. The molecule has 0 aromatic heterocycles. The van der Waals surface area contributed by atoms with Gasteiger partial charge in [0, 0.05) is 5.41 Å². The molecule has 1 rings (SSSR count). The Kier molecular flexibility index (Phi) is 3.74. The van der Waals surface area contributed by atoms with Crippen LogP contribution in [0.25, 0.3) is 0 Å². The third-order valence-corrected chi connectivity index (χ3v) is 3.41. The van der Waals surface area contributed by atoms with Crippen molar-refractivity contribution in [3.05, 3.63) is 37.0 Å². The predicted molar refractivity (Wildman–Crippen MR) is 66.1 cm³/mol. The number of carboxylic acids is 1. The predicted octanol–water partition coefficient (Wildman–Crippen LogP) is 3.42. The zero-order chi connectivity index (χ0) is 12.3. The van der Waals surface area contributed by atoms with Gasteiger partial charge in [0.1, 0.15) is 0 Å². The summed E-state index contributed by atoms with van der Waals surface area (Å²) in [6, 6.07) is 0. The quantitative estimate of drug-likeness (QED) is 0.696.